The van der Waals surface area contributed by atoms with Gasteiger partial charge in [0.15, 0.2) is 18.2 Å². The van der Waals surface area contributed by atoms with E-state index >= 15 is 0 Å². The van der Waals surface area contributed by atoms with Gasteiger partial charge < -0.3 is 15.8 Å². The third-order valence-electron chi connectivity index (χ3n) is 3.62. The van der Waals surface area contributed by atoms with Gasteiger partial charge in [0.1, 0.15) is 5.00 Å². The number of halogens is 1. The van der Waals surface area contributed by atoms with Crippen LogP contribution in [-0.2, 0) is 17.6 Å². The molecule has 0 fully saturated rings. The summed E-state index contributed by atoms with van der Waals surface area (Å²) in [4.78, 5) is 24.7. The molecule has 5 nitrogen and oxygen atoms in total. The minimum Gasteiger partial charge on any atom is -0.481 e. The highest BCUT2D eigenvalue weighted by Gasteiger charge is 2.26. The molecule has 0 radical (unpaired) electrons. The number of ether oxygens (including phenoxy) is 1. The first-order chi connectivity index (χ1) is 11.1. The van der Waals surface area contributed by atoms with Crippen LogP contribution in [0.3, 0.4) is 0 Å². The second-order valence-corrected chi connectivity index (χ2v) is 6.30. The van der Waals surface area contributed by atoms with Gasteiger partial charge in [-0.25, -0.2) is 4.39 Å². The van der Waals surface area contributed by atoms with Gasteiger partial charge in [-0.05, 0) is 37.0 Å². The molecule has 2 amide bonds. The van der Waals surface area contributed by atoms with Gasteiger partial charge in [-0.2, -0.15) is 0 Å². The number of primary amides is 1. The fourth-order valence-corrected chi connectivity index (χ4v) is 3.93. The Hall–Kier alpha value is -2.41. The Labute approximate surface area is 136 Å². The zero-order valence-electron chi connectivity index (χ0n) is 12.2. The first kappa shape index (κ1) is 15.5. The first-order valence-electron chi connectivity index (χ1n) is 7.17. The van der Waals surface area contributed by atoms with E-state index in [9.17, 15) is 14.0 Å². The smallest absolute Gasteiger partial charge is 0.262 e. The fourth-order valence-electron chi connectivity index (χ4n) is 2.62. The highest BCUT2D eigenvalue weighted by atomic mass is 32.1. The van der Waals surface area contributed by atoms with E-state index in [1.54, 1.807) is 6.07 Å². The van der Waals surface area contributed by atoms with Crippen molar-refractivity contribution < 1.29 is 18.7 Å². The molecular weight excluding hydrogens is 319 g/mol. The number of nitrogens with two attached hydrogens (primary N) is 1. The molecular formula is C16H15FN2O3S. The molecule has 1 aliphatic carbocycles. The Morgan fingerprint density at radius 2 is 2.09 bits per heavy atom. The van der Waals surface area contributed by atoms with Crippen molar-refractivity contribution >= 4 is 28.2 Å². The maximum absolute atomic E-state index is 13.4. The van der Waals surface area contributed by atoms with Crippen LogP contribution in [0.15, 0.2) is 24.3 Å². The van der Waals surface area contributed by atoms with Crippen LogP contribution in [0.5, 0.6) is 5.75 Å². The van der Waals surface area contributed by atoms with Crippen molar-refractivity contribution in [3.63, 3.8) is 0 Å². The summed E-state index contributed by atoms with van der Waals surface area (Å²) in [6.45, 7) is -0.346. The highest BCUT2D eigenvalue weighted by Crippen LogP contribution is 2.38. The minimum atomic E-state index is -0.547. The number of carbonyl (C=O) groups is 2. The lowest BCUT2D eigenvalue weighted by molar-refractivity contribution is -0.118. The Balaban J connectivity index is 1.69. The lowest BCUT2D eigenvalue weighted by Gasteiger charge is -2.08. The molecule has 0 saturated heterocycles. The van der Waals surface area contributed by atoms with Crippen molar-refractivity contribution in [1.29, 1.82) is 0 Å². The van der Waals surface area contributed by atoms with Gasteiger partial charge in [-0.1, -0.05) is 12.1 Å². The Bertz CT molecular complexity index is 773. The number of anilines is 1. The second-order valence-electron chi connectivity index (χ2n) is 5.19. The summed E-state index contributed by atoms with van der Waals surface area (Å²) in [5, 5.41) is 3.09. The molecule has 0 saturated carbocycles. The third kappa shape index (κ3) is 3.19. The maximum atomic E-state index is 13.4. The molecule has 3 N–H and O–H groups in total. The van der Waals surface area contributed by atoms with Crippen LogP contribution in [0.25, 0.3) is 0 Å². The largest absolute Gasteiger partial charge is 0.481 e. The Morgan fingerprint density at radius 3 is 2.83 bits per heavy atom. The monoisotopic (exact) mass is 334 g/mol. The summed E-state index contributed by atoms with van der Waals surface area (Å²) in [7, 11) is 0. The van der Waals surface area contributed by atoms with Gasteiger partial charge >= 0.3 is 0 Å². The number of carbonyl (C=O) groups excluding carboxylic acids is 2. The normalized spacial score (nSPS) is 12.7. The summed E-state index contributed by atoms with van der Waals surface area (Å²) in [6.07, 6.45) is 2.68. The van der Waals surface area contributed by atoms with E-state index in [1.807, 2.05) is 0 Å². The van der Waals surface area contributed by atoms with Crippen molar-refractivity contribution in [2.45, 2.75) is 19.3 Å². The van der Waals surface area contributed by atoms with Crippen LogP contribution in [0, 0.1) is 5.82 Å². The van der Waals surface area contributed by atoms with Gasteiger partial charge in [0.2, 0.25) is 0 Å². The van der Waals surface area contributed by atoms with Crippen LogP contribution in [0.1, 0.15) is 27.2 Å². The SMILES string of the molecule is NC(=O)c1c(NC(=O)COc2ccccc2F)sc2c1CCC2. The number of hydrogen-bond acceptors (Lipinski definition) is 4. The molecule has 120 valence electrons. The topological polar surface area (TPSA) is 81.4 Å². The van der Waals surface area contributed by atoms with Crippen LogP contribution >= 0.6 is 11.3 Å². The molecule has 0 bridgehead atoms. The summed E-state index contributed by atoms with van der Waals surface area (Å²) in [5.74, 6) is -1.54. The number of fused-ring (bicyclic) bond motifs is 1. The van der Waals surface area contributed by atoms with Gasteiger partial charge in [0.25, 0.3) is 11.8 Å². The standard InChI is InChI=1S/C16H15FN2O3S/c17-10-5-1-2-6-11(10)22-8-13(20)19-16-14(15(18)21)9-4-3-7-12(9)23-16/h1-2,5-6H,3-4,7-8H2,(H2,18,21)(H,19,20). The van der Waals surface area contributed by atoms with Crippen LogP contribution in [0.4, 0.5) is 9.39 Å². The number of para-hydroxylation sites is 1. The Morgan fingerprint density at radius 1 is 1.30 bits per heavy atom. The predicted molar refractivity (Wildman–Crippen MR) is 85.4 cm³/mol. The molecule has 1 aromatic carbocycles. The van der Waals surface area contributed by atoms with E-state index in [2.05, 4.69) is 5.32 Å². The predicted octanol–water partition coefficient (Wildman–Crippen LogP) is 2.49. The molecule has 2 aromatic rings. The number of nitrogens with one attached hydrogen (secondary N) is 1. The van der Waals surface area contributed by atoms with E-state index in [4.69, 9.17) is 10.5 Å². The van der Waals surface area contributed by atoms with E-state index in [0.29, 0.717) is 10.6 Å². The Kier molecular flexibility index (Phi) is 4.29. The number of rotatable bonds is 5. The number of thiophene rings is 1. The lowest BCUT2D eigenvalue weighted by atomic mass is 10.1. The second kappa shape index (κ2) is 6.37. The molecule has 1 aliphatic rings. The summed E-state index contributed by atoms with van der Waals surface area (Å²) >= 11 is 1.37. The highest BCUT2D eigenvalue weighted by molar-refractivity contribution is 7.17. The molecule has 1 aromatic heterocycles. The van der Waals surface area contributed by atoms with Gasteiger partial charge in [0, 0.05) is 4.88 Å². The van der Waals surface area contributed by atoms with E-state index < -0.39 is 17.6 Å². The molecule has 3 rings (SSSR count). The van der Waals surface area contributed by atoms with E-state index in [1.165, 1.54) is 29.5 Å². The molecule has 7 heteroatoms. The van der Waals surface area contributed by atoms with E-state index in [-0.39, 0.29) is 12.4 Å². The lowest BCUT2D eigenvalue weighted by Crippen LogP contribution is -2.22. The average Bonchev–Trinajstić information content (AvgIpc) is 3.06. The number of benzene rings is 1. The quantitative estimate of drug-likeness (QED) is 0.881. The fraction of sp³-hybridized carbons (Fsp3) is 0.250. The van der Waals surface area contributed by atoms with Gasteiger partial charge in [0.05, 0.1) is 5.56 Å². The first-order valence-corrected chi connectivity index (χ1v) is 7.99. The molecule has 0 spiro atoms. The molecule has 23 heavy (non-hydrogen) atoms. The molecule has 0 aliphatic heterocycles. The van der Waals surface area contributed by atoms with Crippen molar-refractivity contribution in [3.8, 4) is 5.75 Å². The minimum absolute atomic E-state index is 0.00597. The van der Waals surface area contributed by atoms with Crippen LogP contribution < -0.4 is 15.8 Å². The number of hydrogen-bond donors (Lipinski definition) is 2. The zero-order valence-corrected chi connectivity index (χ0v) is 13.0. The van der Waals surface area contributed by atoms with Crippen molar-refractivity contribution in [2.24, 2.45) is 5.73 Å². The molecule has 0 atom stereocenters. The van der Waals surface area contributed by atoms with Crippen LogP contribution in [0.2, 0.25) is 0 Å². The van der Waals surface area contributed by atoms with Crippen molar-refractivity contribution in [3.05, 3.63) is 46.1 Å². The van der Waals surface area contributed by atoms with Crippen molar-refractivity contribution in [1.82, 2.24) is 0 Å². The third-order valence-corrected chi connectivity index (χ3v) is 4.82. The summed E-state index contributed by atoms with van der Waals surface area (Å²) in [6, 6.07) is 5.85. The molecule has 0 unspecified atom stereocenters. The maximum Gasteiger partial charge on any atom is 0.262 e. The molecule has 1 heterocycles. The number of aryl methyl sites for hydroxylation is 1. The zero-order chi connectivity index (χ0) is 16.4. The summed E-state index contributed by atoms with van der Waals surface area (Å²) < 4.78 is 18.6. The number of amides is 2. The van der Waals surface area contributed by atoms with Gasteiger partial charge in [-0.3, -0.25) is 9.59 Å². The van der Waals surface area contributed by atoms with Crippen LogP contribution in [-0.4, -0.2) is 18.4 Å². The summed E-state index contributed by atoms with van der Waals surface area (Å²) in [5.41, 5.74) is 6.76. The average molecular weight is 334 g/mol. The van der Waals surface area contributed by atoms with Gasteiger partial charge in [-0.15, -0.1) is 11.3 Å². The van der Waals surface area contributed by atoms with Crippen molar-refractivity contribution in [2.75, 3.05) is 11.9 Å². The van der Waals surface area contributed by atoms with E-state index in [0.717, 1.165) is 29.7 Å².